The fourth-order valence-corrected chi connectivity index (χ4v) is 9.35. The Bertz CT molecular complexity index is 3460. The molecule has 4 aromatic heterocycles. The minimum absolute atomic E-state index is 0.823. The average molecular weight is 787 g/mol. The van der Waals surface area contributed by atoms with E-state index < -0.39 is 0 Å². The smallest absolute Gasteiger partial charge is 0.145 e. The number of anilines is 4. The Morgan fingerprint density at radius 2 is 1.03 bits per heavy atom. The van der Waals surface area contributed by atoms with E-state index in [-0.39, 0.29) is 0 Å². The molecule has 11 aromatic rings. The number of nitrogens with zero attached hydrogens (tertiary/aromatic N) is 5. The summed E-state index contributed by atoms with van der Waals surface area (Å²) in [6.45, 7) is 2.00. The number of hydrogen-bond acceptors (Lipinski definition) is 3. The molecule has 0 saturated heterocycles. The van der Waals surface area contributed by atoms with Gasteiger partial charge >= 0.3 is 0 Å². The van der Waals surface area contributed by atoms with Crippen LogP contribution in [0.3, 0.4) is 0 Å². The molecule has 292 valence electrons. The first-order chi connectivity index (χ1) is 30.1. The number of allylic oxidation sites excluding steroid dienone is 1. The highest BCUT2D eigenvalue weighted by Gasteiger charge is 2.31. The average Bonchev–Trinajstić information content (AvgIpc) is 3.89. The molecule has 12 rings (SSSR count). The van der Waals surface area contributed by atoms with Crippen LogP contribution in [0.2, 0.25) is 0 Å². The van der Waals surface area contributed by atoms with E-state index in [9.17, 15) is 0 Å². The lowest BCUT2D eigenvalue weighted by Crippen LogP contribution is -2.11. The van der Waals surface area contributed by atoms with Crippen molar-refractivity contribution in [2.45, 2.75) is 6.92 Å². The van der Waals surface area contributed by atoms with E-state index in [4.69, 9.17) is 10.7 Å². The molecule has 61 heavy (non-hydrogen) atoms. The Hall–Kier alpha value is -8.09. The zero-order chi connectivity index (χ0) is 41.0. The number of nitrogen functional groups attached to an aromatic ring is 1. The number of rotatable bonds is 4. The van der Waals surface area contributed by atoms with Gasteiger partial charge in [0.05, 0.1) is 40.0 Å². The first kappa shape index (κ1) is 36.0. The van der Waals surface area contributed by atoms with E-state index in [0.29, 0.717) is 0 Å². The number of pyridine rings is 1. The summed E-state index contributed by atoms with van der Waals surface area (Å²) in [7, 11) is 1.99. The van der Waals surface area contributed by atoms with Gasteiger partial charge in [0.15, 0.2) is 0 Å². The number of benzene rings is 7. The van der Waals surface area contributed by atoms with Gasteiger partial charge in [-0.25, -0.2) is 4.98 Å². The van der Waals surface area contributed by atoms with Crippen LogP contribution in [0.15, 0.2) is 200 Å². The van der Waals surface area contributed by atoms with Gasteiger partial charge in [0, 0.05) is 67.7 Å². The van der Waals surface area contributed by atoms with Crippen LogP contribution in [0, 0.1) is 0 Å². The number of aryl methyl sites for hydroxylation is 1. The van der Waals surface area contributed by atoms with E-state index in [1.165, 1.54) is 44.1 Å². The molecular formula is C55H42N6. The number of nitrogens with two attached hydrogens (primary N) is 1. The van der Waals surface area contributed by atoms with Crippen LogP contribution < -0.4 is 10.6 Å². The predicted octanol–water partition coefficient (Wildman–Crippen LogP) is 14.0. The third kappa shape index (κ3) is 5.68. The highest BCUT2D eigenvalue weighted by atomic mass is 15.2. The highest BCUT2D eigenvalue weighted by Crippen LogP contribution is 2.54. The summed E-state index contributed by atoms with van der Waals surface area (Å²) in [6.07, 6.45) is 6.11. The Balaban J connectivity index is 0.000000256. The van der Waals surface area contributed by atoms with Gasteiger partial charge in [0.2, 0.25) is 0 Å². The maximum atomic E-state index is 6.01. The van der Waals surface area contributed by atoms with Crippen molar-refractivity contribution >= 4 is 72.7 Å². The molecule has 5 heterocycles. The molecule has 6 nitrogen and oxygen atoms in total. The summed E-state index contributed by atoms with van der Waals surface area (Å²) < 4.78 is 6.71. The number of fused-ring (bicyclic) bond motifs is 11. The standard InChI is InChI=1S/C43H28N4.C12H14N2/c1-3-15-29(16-4-1)45-38-24-12-8-20-33(38)41-34-21-9-13-25-39(34)46(42(41)35-22-10-14-26-40(35)45)31-27-36-32-19-7-11-23-37(32)47(43(36)44-28-31)30-17-5-2-6-18-30;1-3-6-10-9-7-4-5-8-11(9)14(2)12(10)13/h1-28H;3-8H,13H2,1-2H3/b;6-3-. The lowest BCUT2D eigenvalue weighted by atomic mass is 9.98. The third-order valence-corrected chi connectivity index (χ3v) is 12.0. The second-order valence-corrected chi connectivity index (χ2v) is 15.4. The monoisotopic (exact) mass is 786 g/mol. The van der Waals surface area contributed by atoms with Crippen LogP contribution in [0.5, 0.6) is 0 Å². The summed E-state index contributed by atoms with van der Waals surface area (Å²) >= 11 is 0. The maximum Gasteiger partial charge on any atom is 0.145 e. The summed E-state index contributed by atoms with van der Waals surface area (Å²) in [5.41, 5.74) is 21.9. The predicted molar refractivity (Wildman–Crippen MR) is 257 cm³/mol. The Labute approximate surface area is 354 Å². The second-order valence-electron chi connectivity index (χ2n) is 15.4. The van der Waals surface area contributed by atoms with E-state index >= 15 is 0 Å². The van der Waals surface area contributed by atoms with Gasteiger partial charge in [-0.3, -0.25) is 4.57 Å². The van der Waals surface area contributed by atoms with Crippen molar-refractivity contribution in [3.05, 3.63) is 206 Å². The zero-order valence-corrected chi connectivity index (χ0v) is 33.9. The van der Waals surface area contributed by atoms with Crippen LogP contribution >= 0.6 is 0 Å². The number of aromatic nitrogens is 4. The molecule has 6 heteroatoms. The van der Waals surface area contributed by atoms with E-state index in [1.54, 1.807) is 0 Å². The molecule has 0 bridgehead atoms. The molecule has 1 aliphatic rings. The molecule has 0 spiro atoms. The van der Waals surface area contributed by atoms with Crippen molar-refractivity contribution in [1.29, 1.82) is 0 Å². The van der Waals surface area contributed by atoms with E-state index in [2.05, 4.69) is 196 Å². The summed E-state index contributed by atoms with van der Waals surface area (Å²) in [4.78, 5) is 7.63. The first-order valence-electron chi connectivity index (χ1n) is 20.7. The van der Waals surface area contributed by atoms with Crippen molar-refractivity contribution in [3.8, 4) is 33.8 Å². The zero-order valence-electron chi connectivity index (χ0n) is 33.9. The van der Waals surface area contributed by atoms with Gasteiger partial charge in [-0.15, -0.1) is 0 Å². The lowest BCUT2D eigenvalue weighted by molar-refractivity contribution is 0.982. The molecular weight excluding hydrogens is 745 g/mol. The van der Waals surface area contributed by atoms with Crippen LogP contribution in [0.25, 0.3) is 83.6 Å². The normalized spacial score (nSPS) is 12.1. The third-order valence-electron chi connectivity index (χ3n) is 12.0. The molecule has 7 aromatic carbocycles. The Morgan fingerprint density at radius 1 is 0.492 bits per heavy atom. The molecule has 1 aliphatic heterocycles. The van der Waals surface area contributed by atoms with Gasteiger partial charge in [-0.05, 0) is 67.6 Å². The van der Waals surface area contributed by atoms with E-state index in [1.807, 2.05) is 42.9 Å². The van der Waals surface area contributed by atoms with Crippen molar-refractivity contribution in [1.82, 2.24) is 18.7 Å². The fraction of sp³-hybridized carbons (Fsp3) is 0.0364. The largest absolute Gasteiger partial charge is 0.385 e. The Kier molecular flexibility index (Phi) is 8.64. The van der Waals surface area contributed by atoms with E-state index in [0.717, 1.165) is 61.9 Å². The second kappa shape index (κ2) is 14.6. The van der Waals surface area contributed by atoms with Gasteiger partial charge in [0.25, 0.3) is 0 Å². The first-order valence-corrected chi connectivity index (χ1v) is 20.7. The summed E-state index contributed by atoms with van der Waals surface area (Å²) in [6, 6.07) is 66.8. The van der Waals surface area contributed by atoms with Gasteiger partial charge < -0.3 is 19.8 Å². The fourth-order valence-electron chi connectivity index (χ4n) is 9.35. The molecule has 0 unspecified atom stereocenters. The molecule has 0 radical (unpaired) electrons. The Morgan fingerprint density at radius 3 is 1.74 bits per heavy atom. The number of hydrogen-bond donors (Lipinski definition) is 1. The number of para-hydroxylation sites is 7. The SMILES string of the molecule is C/C=C\c1c(N)n(C)c2ccccc12.c1ccc(N2c3ccccc3-c3c(n(-c4cnc5c(c4)c4ccccc4n5-c4ccccc4)c4ccccc34)-c3ccccc32)cc1. The lowest BCUT2D eigenvalue weighted by Gasteiger charge is -2.27. The van der Waals surface area contributed by atoms with Crippen LogP contribution in [0.1, 0.15) is 12.5 Å². The molecule has 0 fully saturated rings. The molecule has 0 saturated carbocycles. The van der Waals surface area contributed by atoms with Crippen molar-refractivity contribution in [3.63, 3.8) is 0 Å². The maximum absolute atomic E-state index is 6.01. The quantitative estimate of drug-likeness (QED) is 0.193. The van der Waals surface area contributed by atoms with Crippen molar-refractivity contribution < 1.29 is 0 Å². The minimum atomic E-state index is 0.823. The van der Waals surface area contributed by atoms with Gasteiger partial charge in [0.1, 0.15) is 11.5 Å². The highest BCUT2D eigenvalue weighted by molar-refractivity contribution is 6.14. The molecule has 2 N–H and O–H groups in total. The van der Waals surface area contributed by atoms with Crippen molar-refractivity contribution in [2.24, 2.45) is 7.05 Å². The van der Waals surface area contributed by atoms with Crippen LogP contribution in [0.4, 0.5) is 22.9 Å². The molecule has 0 aliphatic carbocycles. The van der Waals surface area contributed by atoms with Gasteiger partial charge in [-0.2, -0.15) is 0 Å². The molecule has 0 atom stereocenters. The van der Waals surface area contributed by atoms with Crippen LogP contribution in [-0.4, -0.2) is 18.7 Å². The van der Waals surface area contributed by atoms with Crippen LogP contribution in [-0.2, 0) is 7.05 Å². The summed E-state index contributed by atoms with van der Waals surface area (Å²) in [5.74, 6) is 0.823. The molecule has 0 amide bonds. The van der Waals surface area contributed by atoms with Crippen molar-refractivity contribution in [2.75, 3.05) is 10.6 Å². The summed E-state index contributed by atoms with van der Waals surface area (Å²) in [5, 5.41) is 4.74. The minimum Gasteiger partial charge on any atom is -0.385 e. The van der Waals surface area contributed by atoms with Gasteiger partial charge in [-0.1, -0.05) is 140 Å². The topological polar surface area (TPSA) is 56.9 Å².